The van der Waals surface area contributed by atoms with Crippen molar-refractivity contribution in [2.24, 2.45) is 5.92 Å². The van der Waals surface area contributed by atoms with E-state index in [0.717, 1.165) is 25.7 Å². The first-order valence-corrected chi connectivity index (χ1v) is 7.23. The van der Waals surface area contributed by atoms with Crippen LogP contribution in [0.15, 0.2) is 0 Å². The summed E-state index contributed by atoms with van der Waals surface area (Å²) in [4.78, 5) is 25.4. The van der Waals surface area contributed by atoms with Crippen LogP contribution in [0.5, 0.6) is 0 Å². The molecule has 1 aliphatic carbocycles. The Hall–Kier alpha value is -1.27. The molecular weight excluding hydrogens is 285 g/mol. The third-order valence-electron chi connectivity index (χ3n) is 3.79. The number of hydrogen-bond acceptors (Lipinski definition) is 2. The molecule has 1 rings (SSSR count). The van der Waals surface area contributed by atoms with Crippen molar-refractivity contribution in [3.8, 4) is 0 Å². The zero-order chi connectivity index (χ0) is 16.0. The van der Waals surface area contributed by atoms with Crippen molar-refractivity contribution in [1.82, 2.24) is 9.80 Å². The summed E-state index contributed by atoms with van der Waals surface area (Å²) < 4.78 is 37.6. The Bertz CT molecular complexity index is 364. The fraction of sp³-hybridized carbons (Fsp3) is 0.857. The van der Waals surface area contributed by atoms with E-state index in [0.29, 0.717) is 17.2 Å². The molecule has 0 unspecified atom stereocenters. The monoisotopic (exact) mass is 308 g/mol. The molecule has 1 saturated carbocycles. The van der Waals surface area contributed by atoms with Crippen molar-refractivity contribution in [3.05, 3.63) is 0 Å². The molecule has 1 aliphatic rings. The molecule has 1 fully saturated rings. The van der Waals surface area contributed by atoms with Crippen LogP contribution in [0.1, 0.15) is 38.5 Å². The molecule has 21 heavy (non-hydrogen) atoms. The highest BCUT2D eigenvalue weighted by Crippen LogP contribution is 2.29. The number of alkyl halides is 3. The zero-order valence-corrected chi connectivity index (χ0v) is 12.6. The van der Waals surface area contributed by atoms with Crippen molar-refractivity contribution < 1.29 is 22.8 Å². The summed E-state index contributed by atoms with van der Waals surface area (Å²) in [6.07, 6.45) is 0.557. The molecular formula is C14H23F3N2O2. The van der Waals surface area contributed by atoms with Crippen LogP contribution in [0.2, 0.25) is 0 Å². The summed E-state index contributed by atoms with van der Waals surface area (Å²) in [6.45, 7) is -1.88. The summed E-state index contributed by atoms with van der Waals surface area (Å²) >= 11 is 0. The minimum atomic E-state index is -4.49. The van der Waals surface area contributed by atoms with Crippen molar-refractivity contribution in [2.75, 3.05) is 27.2 Å². The lowest BCUT2D eigenvalue weighted by atomic mass is 10.0. The molecule has 0 N–H and O–H groups in total. The van der Waals surface area contributed by atoms with Gasteiger partial charge < -0.3 is 9.80 Å². The number of amides is 2. The SMILES string of the molecule is CN(C)C(=O)CN(CC(F)(F)F)C(=O)CCC1CCCC1. The Morgan fingerprint density at radius 2 is 1.67 bits per heavy atom. The maximum absolute atomic E-state index is 12.5. The lowest BCUT2D eigenvalue weighted by Gasteiger charge is -2.25. The fourth-order valence-electron chi connectivity index (χ4n) is 2.54. The van der Waals surface area contributed by atoms with E-state index in [1.165, 1.54) is 19.0 Å². The van der Waals surface area contributed by atoms with E-state index in [4.69, 9.17) is 0 Å². The van der Waals surface area contributed by atoms with Gasteiger partial charge in [-0.05, 0) is 12.3 Å². The van der Waals surface area contributed by atoms with E-state index in [1.807, 2.05) is 0 Å². The summed E-state index contributed by atoms with van der Waals surface area (Å²) in [7, 11) is 2.91. The Morgan fingerprint density at radius 1 is 1.10 bits per heavy atom. The molecule has 0 saturated heterocycles. The predicted molar refractivity (Wildman–Crippen MR) is 72.5 cm³/mol. The van der Waals surface area contributed by atoms with Crippen molar-refractivity contribution in [1.29, 1.82) is 0 Å². The van der Waals surface area contributed by atoms with E-state index in [1.54, 1.807) is 0 Å². The van der Waals surface area contributed by atoms with Gasteiger partial charge in [-0.1, -0.05) is 25.7 Å². The smallest absolute Gasteiger partial charge is 0.347 e. The van der Waals surface area contributed by atoms with Crippen LogP contribution in [0, 0.1) is 5.92 Å². The molecule has 4 nitrogen and oxygen atoms in total. The number of rotatable bonds is 6. The molecule has 0 bridgehead atoms. The minimum Gasteiger partial charge on any atom is -0.347 e. The zero-order valence-electron chi connectivity index (χ0n) is 12.6. The number of carbonyl (C=O) groups is 2. The third-order valence-corrected chi connectivity index (χ3v) is 3.79. The molecule has 2 amide bonds. The minimum absolute atomic E-state index is 0.0848. The summed E-state index contributed by atoms with van der Waals surface area (Å²) in [5.74, 6) is -0.658. The van der Waals surface area contributed by atoms with Gasteiger partial charge in [0.1, 0.15) is 13.1 Å². The van der Waals surface area contributed by atoms with Gasteiger partial charge in [0.2, 0.25) is 11.8 Å². The van der Waals surface area contributed by atoms with Crippen LogP contribution in [-0.4, -0.2) is 55.0 Å². The average molecular weight is 308 g/mol. The van der Waals surface area contributed by atoms with E-state index >= 15 is 0 Å². The summed E-state index contributed by atoms with van der Waals surface area (Å²) in [5, 5.41) is 0. The Kier molecular flexibility index (Phi) is 6.48. The van der Waals surface area contributed by atoms with Gasteiger partial charge in [0.15, 0.2) is 0 Å². The molecule has 0 aromatic heterocycles. The molecule has 0 heterocycles. The number of likely N-dealkylation sites (N-methyl/N-ethyl adjacent to an activating group) is 1. The first kappa shape index (κ1) is 17.8. The number of halogens is 3. The number of nitrogens with zero attached hydrogens (tertiary/aromatic N) is 2. The fourth-order valence-corrected chi connectivity index (χ4v) is 2.54. The molecule has 0 aliphatic heterocycles. The van der Waals surface area contributed by atoms with Gasteiger partial charge in [0.05, 0.1) is 0 Å². The van der Waals surface area contributed by atoms with Gasteiger partial charge in [-0.2, -0.15) is 13.2 Å². The van der Waals surface area contributed by atoms with Crippen LogP contribution in [0.25, 0.3) is 0 Å². The first-order chi connectivity index (χ1) is 9.69. The molecule has 0 atom stereocenters. The van der Waals surface area contributed by atoms with E-state index in [9.17, 15) is 22.8 Å². The van der Waals surface area contributed by atoms with E-state index in [-0.39, 0.29) is 6.42 Å². The topological polar surface area (TPSA) is 40.6 Å². The lowest BCUT2D eigenvalue weighted by Crippen LogP contribution is -2.44. The largest absolute Gasteiger partial charge is 0.406 e. The number of hydrogen-bond donors (Lipinski definition) is 0. The van der Waals surface area contributed by atoms with Gasteiger partial charge in [-0.15, -0.1) is 0 Å². The van der Waals surface area contributed by atoms with Crippen LogP contribution in [-0.2, 0) is 9.59 Å². The van der Waals surface area contributed by atoms with E-state index < -0.39 is 31.1 Å². The van der Waals surface area contributed by atoms with Crippen molar-refractivity contribution in [2.45, 2.75) is 44.7 Å². The van der Waals surface area contributed by atoms with Crippen molar-refractivity contribution >= 4 is 11.8 Å². The Balaban J connectivity index is 2.56. The van der Waals surface area contributed by atoms with Crippen LogP contribution >= 0.6 is 0 Å². The second-order valence-electron chi connectivity index (χ2n) is 5.84. The number of carbonyl (C=O) groups excluding carboxylic acids is 2. The van der Waals surface area contributed by atoms with Gasteiger partial charge >= 0.3 is 6.18 Å². The second-order valence-corrected chi connectivity index (χ2v) is 5.84. The summed E-state index contributed by atoms with van der Waals surface area (Å²) in [5.41, 5.74) is 0. The first-order valence-electron chi connectivity index (χ1n) is 7.23. The maximum Gasteiger partial charge on any atom is 0.406 e. The molecule has 7 heteroatoms. The van der Waals surface area contributed by atoms with Crippen molar-refractivity contribution in [3.63, 3.8) is 0 Å². The Morgan fingerprint density at radius 3 is 2.14 bits per heavy atom. The molecule has 0 aromatic rings. The predicted octanol–water partition coefficient (Wildman–Crippen LogP) is 2.44. The van der Waals surface area contributed by atoms with Gasteiger partial charge in [0, 0.05) is 20.5 Å². The molecule has 0 radical (unpaired) electrons. The van der Waals surface area contributed by atoms with Crippen LogP contribution < -0.4 is 0 Å². The second kappa shape index (κ2) is 7.66. The molecule has 0 aromatic carbocycles. The molecule has 122 valence electrons. The quantitative estimate of drug-likeness (QED) is 0.756. The Labute approximate surface area is 123 Å². The maximum atomic E-state index is 12.5. The van der Waals surface area contributed by atoms with Gasteiger partial charge in [-0.25, -0.2) is 0 Å². The lowest BCUT2D eigenvalue weighted by molar-refractivity contribution is -0.164. The highest BCUT2D eigenvalue weighted by atomic mass is 19.4. The highest BCUT2D eigenvalue weighted by Gasteiger charge is 2.34. The normalized spacial score (nSPS) is 16.0. The standard InChI is InChI=1S/C14H23F3N2O2/c1-18(2)13(21)9-19(10-14(15,16)17)12(20)8-7-11-5-3-4-6-11/h11H,3-10H2,1-2H3. The third kappa shape index (κ3) is 6.82. The van der Waals surface area contributed by atoms with Gasteiger partial charge in [0.25, 0.3) is 0 Å². The molecule has 0 spiro atoms. The summed E-state index contributed by atoms with van der Waals surface area (Å²) in [6, 6.07) is 0. The average Bonchev–Trinajstić information content (AvgIpc) is 2.86. The van der Waals surface area contributed by atoms with Crippen LogP contribution in [0.4, 0.5) is 13.2 Å². The van der Waals surface area contributed by atoms with E-state index in [2.05, 4.69) is 0 Å². The highest BCUT2D eigenvalue weighted by molar-refractivity contribution is 5.84. The van der Waals surface area contributed by atoms with Crippen LogP contribution in [0.3, 0.4) is 0 Å². The van der Waals surface area contributed by atoms with Gasteiger partial charge in [-0.3, -0.25) is 9.59 Å².